The minimum atomic E-state index is -3.80. The van der Waals surface area contributed by atoms with Gasteiger partial charge >= 0.3 is 0 Å². The summed E-state index contributed by atoms with van der Waals surface area (Å²) in [5.74, 6) is -0.198. The van der Waals surface area contributed by atoms with Gasteiger partial charge in [0.05, 0.1) is 4.90 Å². The number of hydrogen-bond acceptors (Lipinski definition) is 3. The summed E-state index contributed by atoms with van der Waals surface area (Å²) in [5, 5.41) is 2.93. The summed E-state index contributed by atoms with van der Waals surface area (Å²) >= 11 is 0. The molecule has 1 atom stereocenters. The van der Waals surface area contributed by atoms with E-state index in [4.69, 9.17) is 0 Å². The lowest BCUT2D eigenvalue weighted by Gasteiger charge is -2.22. The lowest BCUT2D eigenvalue weighted by Crippen LogP contribution is -2.44. The zero-order chi connectivity index (χ0) is 21.1. The second-order valence-electron chi connectivity index (χ2n) is 7.88. The Bertz CT molecular complexity index is 925. The summed E-state index contributed by atoms with van der Waals surface area (Å²) < 4.78 is 28.2. The van der Waals surface area contributed by atoms with Crippen molar-refractivity contribution in [3.05, 3.63) is 58.7 Å². The fourth-order valence-electron chi connectivity index (χ4n) is 3.24. The van der Waals surface area contributed by atoms with Gasteiger partial charge in [0.15, 0.2) is 0 Å². The van der Waals surface area contributed by atoms with Crippen molar-refractivity contribution in [1.29, 1.82) is 0 Å². The van der Waals surface area contributed by atoms with Crippen molar-refractivity contribution >= 4 is 21.6 Å². The van der Waals surface area contributed by atoms with Crippen LogP contribution in [0.4, 0.5) is 5.69 Å². The Morgan fingerprint density at radius 1 is 0.929 bits per heavy atom. The van der Waals surface area contributed by atoms with E-state index in [1.54, 1.807) is 24.3 Å². The quantitative estimate of drug-likeness (QED) is 0.727. The lowest BCUT2D eigenvalue weighted by molar-refractivity contribution is -0.118. The van der Waals surface area contributed by atoms with E-state index in [0.29, 0.717) is 6.42 Å². The molecule has 0 saturated carbocycles. The van der Waals surface area contributed by atoms with Crippen LogP contribution in [0, 0.1) is 33.6 Å². The third-order valence-corrected chi connectivity index (χ3v) is 6.07. The second kappa shape index (κ2) is 8.88. The molecule has 0 spiro atoms. The van der Waals surface area contributed by atoms with Crippen LogP contribution in [0.3, 0.4) is 0 Å². The van der Waals surface area contributed by atoms with Crippen molar-refractivity contribution in [2.45, 2.75) is 58.9 Å². The highest BCUT2D eigenvalue weighted by molar-refractivity contribution is 7.89. The van der Waals surface area contributed by atoms with Crippen LogP contribution in [-0.4, -0.2) is 20.4 Å². The van der Waals surface area contributed by atoms with Gasteiger partial charge in [0.1, 0.15) is 6.04 Å². The normalized spacial score (nSPS) is 12.8. The Hall–Kier alpha value is -2.18. The van der Waals surface area contributed by atoms with Gasteiger partial charge in [-0.1, -0.05) is 49.2 Å². The number of anilines is 1. The first-order valence-electron chi connectivity index (χ1n) is 9.47. The summed E-state index contributed by atoms with van der Waals surface area (Å²) in [5.41, 5.74) is 4.73. The number of carbonyl (C=O) groups is 1. The van der Waals surface area contributed by atoms with E-state index in [-0.39, 0.29) is 16.7 Å². The number of sulfonamides is 1. The van der Waals surface area contributed by atoms with E-state index in [1.807, 2.05) is 53.7 Å². The molecule has 2 N–H and O–H groups in total. The first-order valence-corrected chi connectivity index (χ1v) is 11.0. The topological polar surface area (TPSA) is 75.3 Å². The monoisotopic (exact) mass is 402 g/mol. The summed E-state index contributed by atoms with van der Waals surface area (Å²) in [6.45, 7) is 11.7. The summed E-state index contributed by atoms with van der Waals surface area (Å²) in [4.78, 5) is 13.1. The largest absolute Gasteiger partial charge is 0.324 e. The van der Waals surface area contributed by atoms with Crippen LogP contribution >= 0.6 is 0 Å². The zero-order valence-electron chi connectivity index (χ0n) is 17.5. The molecule has 6 heteroatoms. The van der Waals surface area contributed by atoms with E-state index in [0.717, 1.165) is 27.9 Å². The molecule has 28 heavy (non-hydrogen) atoms. The third kappa shape index (κ3) is 5.66. The van der Waals surface area contributed by atoms with E-state index in [9.17, 15) is 13.2 Å². The Morgan fingerprint density at radius 3 is 1.96 bits per heavy atom. The molecule has 0 bridgehead atoms. The predicted octanol–water partition coefficient (Wildman–Crippen LogP) is 4.25. The highest BCUT2D eigenvalue weighted by atomic mass is 32.2. The zero-order valence-corrected chi connectivity index (χ0v) is 18.3. The fourth-order valence-corrected chi connectivity index (χ4v) is 4.45. The van der Waals surface area contributed by atoms with Crippen molar-refractivity contribution in [2.75, 3.05) is 5.32 Å². The van der Waals surface area contributed by atoms with Crippen LogP contribution < -0.4 is 10.0 Å². The third-order valence-electron chi connectivity index (χ3n) is 4.58. The smallest absolute Gasteiger partial charge is 0.242 e. The molecule has 5 nitrogen and oxygen atoms in total. The van der Waals surface area contributed by atoms with Crippen LogP contribution in [0.2, 0.25) is 0 Å². The van der Waals surface area contributed by atoms with Gasteiger partial charge in [-0.05, 0) is 63.3 Å². The summed E-state index contributed by atoms with van der Waals surface area (Å²) in [6.07, 6.45) is 0.404. The fraction of sp³-hybridized carbons (Fsp3) is 0.409. The Labute approximate surface area is 168 Å². The molecule has 0 unspecified atom stereocenters. The highest BCUT2D eigenvalue weighted by Crippen LogP contribution is 2.23. The lowest BCUT2D eigenvalue weighted by atomic mass is 10.0. The predicted molar refractivity (Wildman–Crippen MR) is 114 cm³/mol. The molecule has 0 saturated heterocycles. The molecule has 2 aromatic rings. The number of hydrogen-bond donors (Lipinski definition) is 2. The van der Waals surface area contributed by atoms with E-state index in [2.05, 4.69) is 10.0 Å². The molecule has 0 fully saturated rings. The molecule has 0 aliphatic carbocycles. The maximum absolute atomic E-state index is 13.0. The van der Waals surface area contributed by atoms with Crippen molar-refractivity contribution in [1.82, 2.24) is 4.72 Å². The summed E-state index contributed by atoms with van der Waals surface area (Å²) in [7, 11) is -3.80. The van der Waals surface area contributed by atoms with Crippen molar-refractivity contribution in [2.24, 2.45) is 5.92 Å². The number of benzene rings is 2. The SMILES string of the molecule is Cc1ccc(S(=O)(=O)N[C@H](CC(C)C)C(=O)Nc2c(C)cc(C)cc2C)cc1. The maximum atomic E-state index is 13.0. The molecule has 0 aliphatic heterocycles. The van der Waals surface area contributed by atoms with Crippen LogP contribution in [0.25, 0.3) is 0 Å². The van der Waals surface area contributed by atoms with Gasteiger partial charge in [0.25, 0.3) is 0 Å². The molecular weight excluding hydrogens is 372 g/mol. The van der Waals surface area contributed by atoms with E-state index >= 15 is 0 Å². The van der Waals surface area contributed by atoms with Crippen molar-refractivity contribution in [3.63, 3.8) is 0 Å². The van der Waals surface area contributed by atoms with Crippen LogP contribution in [0.5, 0.6) is 0 Å². The van der Waals surface area contributed by atoms with Crippen molar-refractivity contribution in [3.8, 4) is 0 Å². The number of nitrogens with one attached hydrogen (secondary N) is 2. The minimum absolute atomic E-state index is 0.150. The first kappa shape index (κ1) is 22.1. The number of amides is 1. The molecule has 0 aromatic heterocycles. The van der Waals surface area contributed by atoms with Crippen LogP contribution in [0.1, 0.15) is 42.5 Å². The molecule has 1 amide bonds. The van der Waals surface area contributed by atoms with Crippen LogP contribution in [0.15, 0.2) is 41.3 Å². The van der Waals surface area contributed by atoms with Gasteiger partial charge in [-0.3, -0.25) is 4.79 Å². The Balaban J connectivity index is 2.28. The van der Waals surface area contributed by atoms with Crippen molar-refractivity contribution < 1.29 is 13.2 Å². The molecule has 0 heterocycles. The number of rotatable bonds is 7. The van der Waals surface area contributed by atoms with Gasteiger partial charge in [0.2, 0.25) is 15.9 Å². The van der Waals surface area contributed by atoms with Gasteiger partial charge in [-0.2, -0.15) is 4.72 Å². The molecule has 152 valence electrons. The van der Waals surface area contributed by atoms with Gasteiger partial charge < -0.3 is 5.32 Å². The van der Waals surface area contributed by atoms with E-state index < -0.39 is 16.1 Å². The Morgan fingerprint density at radius 2 is 1.46 bits per heavy atom. The average molecular weight is 403 g/mol. The van der Waals surface area contributed by atoms with Gasteiger partial charge in [0, 0.05) is 5.69 Å². The second-order valence-corrected chi connectivity index (χ2v) is 9.59. The molecule has 0 radical (unpaired) electrons. The molecule has 2 aromatic carbocycles. The van der Waals surface area contributed by atoms with E-state index in [1.165, 1.54) is 0 Å². The average Bonchev–Trinajstić information content (AvgIpc) is 2.57. The van der Waals surface area contributed by atoms with Gasteiger partial charge in [-0.25, -0.2) is 8.42 Å². The highest BCUT2D eigenvalue weighted by Gasteiger charge is 2.27. The summed E-state index contributed by atoms with van der Waals surface area (Å²) in [6, 6.07) is 9.72. The number of carbonyl (C=O) groups excluding carboxylic acids is 1. The number of aryl methyl sites for hydroxylation is 4. The molecular formula is C22H30N2O3S. The standard InChI is InChI=1S/C22H30N2O3S/c1-14(2)11-20(24-28(26,27)19-9-7-15(3)8-10-19)22(25)23-21-17(5)12-16(4)13-18(21)6/h7-10,12-14,20,24H,11H2,1-6H3,(H,23,25)/t20-/m1/s1. The van der Waals surface area contributed by atoms with Crippen LogP contribution in [-0.2, 0) is 14.8 Å². The maximum Gasteiger partial charge on any atom is 0.242 e. The Kier molecular flexibility index (Phi) is 7.01. The molecule has 0 aliphatic rings. The molecule has 2 rings (SSSR count). The minimum Gasteiger partial charge on any atom is -0.324 e. The van der Waals surface area contributed by atoms with Gasteiger partial charge in [-0.15, -0.1) is 0 Å². The first-order chi connectivity index (χ1) is 13.0.